The van der Waals surface area contributed by atoms with Crippen molar-refractivity contribution < 1.29 is 14.7 Å². The molecule has 3 aromatic carbocycles. The first kappa shape index (κ1) is 26.4. The molecule has 0 fully saturated rings. The van der Waals surface area contributed by atoms with E-state index < -0.39 is 5.97 Å². The van der Waals surface area contributed by atoms with E-state index in [0.717, 1.165) is 23.3 Å². The maximum atomic E-state index is 13.4. The molecule has 0 atom stereocenters. The van der Waals surface area contributed by atoms with Gasteiger partial charge in [0.05, 0.1) is 17.5 Å². The Kier molecular flexibility index (Phi) is 8.45. The number of halogens is 1. The summed E-state index contributed by atoms with van der Waals surface area (Å²) in [6.07, 6.45) is 1.34. The third kappa shape index (κ3) is 5.90. The minimum absolute atomic E-state index is 0. The van der Waals surface area contributed by atoms with E-state index >= 15 is 0 Å². The van der Waals surface area contributed by atoms with E-state index in [0.29, 0.717) is 28.8 Å². The van der Waals surface area contributed by atoms with Crippen LogP contribution in [0.2, 0.25) is 0 Å². The molecule has 0 spiro atoms. The molecule has 36 heavy (non-hydrogen) atoms. The molecular formula is C27H28ClN5O3. The standard InChI is InChI=1S/C27H27N5O3.ClH/c1-31-23-13-12-20(27(35)32(16-15-25(33)34)21-5-3-2-4-6-21)17-22(23)30-24(31)14-9-18-7-10-19(11-8-18)26(28)29;/h2-8,10-13,17H,9,14-16H2,1H3,(H3,28,29)(H,33,34);1H. The van der Waals surface area contributed by atoms with Gasteiger partial charge >= 0.3 is 5.97 Å². The molecule has 0 aliphatic heterocycles. The number of carbonyl (C=O) groups is 2. The number of carboxylic acids is 1. The van der Waals surface area contributed by atoms with E-state index in [1.54, 1.807) is 24.3 Å². The molecule has 0 aliphatic carbocycles. The second-order valence-electron chi connectivity index (χ2n) is 8.34. The van der Waals surface area contributed by atoms with Gasteiger partial charge in [0.15, 0.2) is 0 Å². The number of aryl methyl sites for hydroxylation is 3. The Morgan fingerprint density at radius 3 is 2.31 bits per heavy atom. The van der Waals surface area contributed by atoms with Crippen molar-refractivity contribution >= 4 is 46.8 Å². The number of nitrogens with zero attached hydrogens (tertiary/aromatic N) is 3. The highest BCUT2D eigenvalue weighted by Crippen LogP contribution is 2.22. The summed E-state index contributed by atoms with van der Waals surface area (Å²) in [5, 5.41) is 16.6. The summed E-state index contributed by atoms with van der Waals surface area (Å²) in [7, 11) is 1.95. The zero-order valence-corrected chi connectivity index (χ0v) is 20.7. The number of amidine groups is 1. The van der Waals surface area contributed by atoms with Crippen molar-refractivity contribution in [2.45, 2.75) is 19.3 Å². The number of hydrogen-bond donors (Lipinski definition) is 3. The van der Waals surface area contributed by atoms with Gasteiger partial charge in [-0.05, 0) is 42.3 Å². The summed E-state index contributed by atoms with van der Waals surface area (Å²) in [6, 6.07) is 22.1. The van der Waals surface area contributed by atoms with E-state index in [2.05, 4.69) is 0 Å². The first-order valence-electron chi connectivity index (χ1n) is 11.3. The fourth-order valence-corrected chi connectivity index (χ4v) is 4.03. The third-order valence-corrected chi connectivity index (χ3v) is 5.98. The van der Waals surface area contributed by atoms with Crippen molar-refractivity contribution in [1.82, 2.24) is 9.55 Å². The molecule has 8 nitrogen and oxygen atoms in total. The summed E-state index contributed by atoms with van der Waals surface area (Å²) in [4.78, 5) is 30.8. The predicted octanol–water partition coefficient (Wildman–Crippen LogP) is 4.19. The van der Waals surface area contributed by atoms with Crippen LogP contribution in [0.3, 0.4) is 0 Å². The third-order valence-electron chi connectivity index (χ3n) is 5.98. The number of anilines is 1. The lowest BCUT2D eigenvalue weighted by Crippen LogP contribution is -2.33. The van der Waals surface area contributed by atoms with Crippen LogP contribution in [-0.2, 0) is 24.7 Å². The number of aromatic nitrogens is 2. The molecule has 0 aliphatic rings. The summed E-state index contributed by atoms with van der Waals surface area (Å²) < 4.78 is 2.02. The fraction of sp³-hybridized carbons (Fsp3) is 0.185. The predicted molar refractivity (Wildman–Crippen MR) is 143 cm³/mol. The van der Waals surface area contributed by atoms with E-state index in [4.69, 9.17) is 21.2 Å². The van der Waals surface area contributed by atoms with Gasteiger partial charge in [0.1, 0.15) is 11.7 Å². The van der Waals surface area contributed by atoms with Crippen LogP contribution in [0.1, 0.15) is 33.7 Å². The van der Waals surface area contributed by atoms with E-state index in [1.165, 1.54) is 4.90 Å². The molecule has 0 saturated carbocycles. The number of amides is 1. The molecule has 4 N–H and O–H groups in total. The summed E-state index contributed by atoms with van der Waals surface area (Å²) in [5.41, 5.74) is 10.1. The Balaban J connectivity index is 0.00000361. The van der Waals surface area contributed by atoms with Crippen LogP contribution in [0.15, 0.2) is 72.8 Å². The van der Waals surface area contributed by atoms with Gasteiger partial charge in [-0.2, -0.15) is 0 Å². The lowest BCUT2D eigenvalue weighted by atomic mass is 10.1. The maximum Gasteiger partial charge on any atom is 0.305 e. The second kappa shape index (κ2) is 11.5. The van der Waals surface area contributed by atoms with Crippen molar-refractivity contribution in [3.8, 4) is 0 Å². The highest BCUT2D eigenvalue weighted by molar-refractivity contribution is 6.07. The number of carbonyl (C=O) groups excluding carboxylic acids is 1. The van der Waals surface area contributed by atoms with Crippen LogP contribution in [0, 0.1) is 5.41 Å². The van der Waals surface area contributed by atoms with Gasteiger partial charge in [0.2, 0.25) is 0 Å². The largest absolute Gasteiger partial charge is 0.481 e. The fourth-order valence-electron chi connectivity index (χ4n) is 4.03. The number of nitrogen functional groups attached to an aromatic ring is 1. The number of imidazole rings is 1. The number of carboxylic acid groups (broad SMARTS) is 1. The van der Waals surface area contributed by atoms with Crippen LogP contribution in [0.25, 0.3) is 11.0 Å². The Bertz CT molecular complexity index is 1380. The summed E-state index contributed by atoms with van der Waals surface area (Å²) in [6.45, 7) is 0.0755. The lowest BCUT2D eigenvalue weighted by molar-refractivity contribution is -0.136. The van der Waals surface area contributed by atoms with Crippen LogP contribution < -0.4 is 10.6 Å². The number of nitrogens with two attached hydrogens (primary N) is 1. The minimum atomic E-state index is -0.959. The average molecular weight is 506 g/mol. The van der Waals surface area contributed by atoms with Crippen LogP contribution in [0.4, 0.5) is 5.69 Å². The van der Waals surface area contributed by atoms with Gasteiger partial charge in [-0.3, -0.25) is 15.0 Å². The molecule has 9 heteroatoms. The zero-order chi connectivity index (χ0) is 24.9. The van der Waals surface area contributed by atoms with Gasteiger partial charge in [0, 0.05) is 36.8 Å². The molecular weight excluding hydrogens is 478 g/mol. The molecule has 0 bridgehead atoms. The number of aliphatic carboxylic acids is 1. The SMILES string of the molecule is Cl.Cn1c(CCc2ccc(C(=N)N)cc2)nc2cc(C(=O)N(CCC(=O)O)c3ccccc3)ccc21. The van der Waals surface area contributed by atoms with Crippen molar-refractivity contribution in [1.29, 1.82) is 5.41 Å². The molecule has 1 amide bonds. The van der Waals surface area contributed by atoms with Crippen LogP contribution in [0.5, 0.6) is 0 Å². The molecule has 0 radical (unpaired) electrons. The van der Waals surface area contributed by atoms with Gasteiger partial charge in [0.25, 0.3) is 5.91 Å². The van der Waals surface area contributed by atoms with Gasteiger partial charge in [-0.15, -0.1) is 12.4 Å². The topological polar surface area (TPSA) is 125 Å². The Hall–Kier alpha value is -4.17. The first-order chi connectivity index (χ1) is 16.8. The molecule has 0 unspecified atom stereocenters. The first-order valence-corrected chi connectivity index (χ1v) is 11.3. The highest BCUT2D eigenvalue weighted by Gasteiger charge is 2.20. The van der Waals surface area contributed by atoms with Crippen molar-refractivity contribution in [3.63, 3.8) is 0 Å². The van der Waals surface area contributed by atoms with Crippen molar-refractivity contribution in [2.75, 3.05) is 11.4 Å². The van der Waals surface area contributed by atoms with E-state index in [9.17, 15) is 9.59 Å². The minimum Gasteiger partial charge on any atom is -0.481 e. The van der Waals surface area contributed by atoms with E-state index in [-0.39, 0.29) is 37.1 Å². The average Bonchev–Trinajstić information content (AvgIpc) is 3.18. The Labute approximate surface area is 215 Å². The summed E-state index contributed by atoms with van der Waals surface area (Å²) >= 11 is 0. The molecule has 1 aromatic heterocycles. The number of para-hydroxylation sites is 1. The molecule has 186 valence electrons. The number of fused-ring (bicyclic) bond motifs is 1. The second-order valence-corrected chi connectivity index (χ2v) is 8.34. The number of nitrogens with one attached hydrogen (secondary N) is 1. The van der Waals surface area contributed by atoms with Crippen molar-refractivity contribution in [2.24, 2.45) is 12.8 Å². The quantitative estimate of drug-likeness (QED) is 0.232. The highest BCUT2D eigenvalue weighted by atomic mass is 35.5. The van der Waals surface area contributed by atoms with E-state index in [1.807, 2.05) is 60.1 Å². The van der Waals surface area contributed by atoms with Crippen LogP contribution in [-0.4, -0.2) is 38.9 Å². The van der Waals surface area contributed by atoms with Gasteiger partial charge in [-0.1, -0.05) is 42.5 Å². The Morgan fingerprint density at radius 2 is 1.67 bits per heavy atom. The van der Waals surface area contributed by atoms with Crippen molar-refractivity contribution in [3.05, 3.63) is 95.3 Å². The van der Waals surface area contributed by atoms with Crippen LogP contribution >= 0.6 is 12.4 Å². The van der Waals surface area contributed by atoms with Gasteiger partial charge < -0.3 is 20.3 Å². The number of rotatable bonds is 9. The maximum absolute atomic E-state index is 13.4. The lowest BCUT2D eigenvalue weighted by Gasteiger charge is -2.22. The normalized spacial score (nSPS) is 10.6. The van der Waals surface area contributed by atoms with Gasteiger partial charge in [-0.25, -0.2) is 4.98 Å². The summed E-state index contributed by atoms with van der Waals surface area (Å²) in [5.74, 6) is -0.284. The Morgan fingerprint density at radius 1 is 1.00 bits per heavy atom. The molecule has 0 saturated heterocycles. The smallest absolute Gasteiger partial charge is 0.305 e. The monoisotopic (exact) mass is 505 g/mol. The zero-order valence-electron chi connectivity index (χ0n) is 19.8. The number of benzene rings is 3. The molecule has 1 heterocycles. The molecule has 4 rings (SSSR count). The molecule has 4 aromatic rings. The number of hydrogen-bond acceptors (Lipinski definition) is 4.